The van der Waals surface area contributed by atoms with Crippen molar-refractivity contribution in [2.24, 2.45) is 0 Å². The molecular weight excluding hydrogens is 278 g/mol. The number of benzene rings is 1. The van der Waals surface area contributed by atoms with Crippen LogP contribution in [-0.2, 0) is 10.0 Å². The van der Waals surface area contributed by atoms with Crippen LogP contribution < -0.4 is 9.46 Å². The Labute approximate surface area is 120 Å². The quantitative estimate of drug-likeness (QED) is 0.885. The van der Waals surface area contributed by atoms with Gasteiger partial charge in [0, 0.05) is 6.04 Å². The molecule has 2 unspecified atom stereocenters. The number of aliphatic hydroxyl groups is 1. The topological polar surface area (TPSA) is 75.6 Å². The minimum absolute atomic E-state index is 0.202. The summed E-state index contributed by atoms with van der Waals surface area (Å²) in [5.74, 6) is 0.654. The first kappa shape index (κ1) is 15.3. The number of aryl methyl sites for hydroxylation is 1. The number of ether oxygens (including phenoxy) is 1. The number of rotatable bonds is 4. The molecule has 2 atom stereocenters. The molecule has 1 aliphatic carbocycles. The number of nitrogens with one attached hydrogen (secondary N) is 1. The van der Waals surface area contributed by atoms with Gasteiger partial charge in [-0.3, -0.25) is 0 Å². The monoisotopic (exact) mass is 299 g/mol. The van der Waals surface area contributed by atoms with Gasteiger partial charge in [0.15, 0.2) is 0 Å². The summed E-state index contributed by atoms with van der Waals surface area (Å²) in [6.07, 6.45) is 2.61. The second kappa shape index (κ2) is 6.11. The Hall–Kier alpha value is -1.11. The van der Waals surface area contributed by atoms with Crippen LogP contribution in [0.2, 0.25) is 0 Å². The van der Waals surface area contributed by atoms with Crippen molar-refractivity contribution >= 4 is 10.0 Å². The maximum Gasteiger partial charge on any atom is 0.240 e. The largest absolute Gasteiger partial charge is 0.496 e. The van der Waals surface area contributed by atoms with Crippen LogP contribution in [0, 0.1) is 6.92 Å². The second-order valence-corrected chi connectivity index (χ2v) is 6.92. The van der Waals surface area contributed by atoms with Crippen molar-refractivity contribution in [2.45, 2.75) is 49.6 Å². The van der Waals surface area contributed by atoms with Crippen molar-refractivity contribution in [3.05, 3.63) is 23.8 Å². The van der Waals surface area contributed by atoms with Gasteiger partial charge in [-0.2, -0.15) is 0 Å². The van der Waals surface area contributed by atoms with Crippen molar-refractivity contribution in [3.63, 3.8) is 0 Å². The molecule has 0 bridgehead atoms. The number of aliphatic hydroxyl groups excluding tert-OH is 1. The number of hydrogen-bond donors (Lipinski definition) is 2. The molecule has 1 fully saturated rings. The lowest BCUT2D eigenvalue weighted by atomic mass is 9.93. The van der Waals surface area contributed by atoms with E-state index in [9.17, 15) is 13.5 Å². The van der Waals surface area contributed by atoms with Crippen molar-refractivity contribution in [3.8, 4) is 5.75 Å². The van der Waals surface area contributed by atoms with E-state index in [1.54, 1.807) is 26.2 Å². The first-order valence-electron chi connectivity index (χ1n) is 6.79. The molecule has 1 aliphatic rings. The summed E-state index contributed by atoms with van der Waals surface area (Å²) in [5, 5.41) is 9.87. The first-order valence-corrected chi connectivity index (χ1v) is 8.27. The third kappa shape index (κ3) is 3.31. The highest BCUT2D eigenvalue weighted by molar-refractivity contribution is 7.89. The molecule has 112 valence electrons. The molecule has 0 heterocycles. The SMILES string of the molecule is COc1ccc(S(=O)(=O)NC2CCCCC2O)cc1C. The summed E-state index contributed by atoms with van der Waals surface area (Å²) < 4.78 is 32.4. The molecule has 1 aromatic carbocycles. The molecule has 6 heteroatoms. The van der Waals surface area contributed by atoms with E-state index in [1.807, 2.05) is 0 Å². The van der Waals surface area contributed by atoms with E-state index in [4.69, 9.17) is 4.74 Å². The zero-order valence-electron chi connectivity index (χ0n) is 11.8. The molecule has 0 spiro atoms. The van der Waals surface area contributed by atoms with Gasteiger partial charge < -0.3 is 9.84 Å². The van der Waals surface area contributed by atoms with Crippen LogP contribution in [0.5, 0.6) is 5.75 Å². The average molecular weight is 299 g/mol. The third-order valence-electron chi connectivity index (χ3n) is 3.71. The van der Waals surface area contributed by atoms with Crippen LogP contribution in [0.3, 0.4) is 0 Å². The molecule has 1 saturated carbocycles. The molecule has 20 heavy (non-hydrogen) atoms. The molecule has 0 aromatic heterocycles. The molecule has 0 aliphatic heterocycles. The minimum Gasteiger partial charge on any atom is -0.496 e. The lowest BCUT2D eigenvalue weighted by Crippen LogP contribution is -2.44. The van der Waals surface area contributed by atoms with Crippen LogP contribution in [0.15, 0.2) is 23.1 Å². The van der Waals surface area contributed by atoms with Gasteiger partial charge in [0.05, 0.1) is 18.1 Å². The Morgan fingerprint density at radius 3 is 2.60 bits per heavy atom. The van der Waals surface area contributed by atoms with Crippen molar-refractivity contribution in [2.75, 3.05) is 7.11 Å². The van der Waals surface area contributed by atoms with Gasteiger partial charge in [-0.15, -0.1) is 0 Å². The van der Waals surface area contributed by atoms with Gasteiger partial charge in [-0.05, 0) is 43.5 Å². The highest BCUT2D eigenvalue weighted by Crippen LogP contribution is 2.24. The van der Waals surface area contributed by atoms with Gasteiger partial charge in [-0.25, -0.2) is 13.1 Å². The summed E-state index contributed by atoms with van der Waals surface area (Å²) in [4.78, 5) is 0.202. The van der Waals surface area contributed by atoms with E-state index in [0.717, 1.165) is 18.4 Å². The highest BCUT2D eigenvalue weighted by atomic mass is 32.2. The predicted octanol–water partition coefficient (Wildman–Crippen LogP) is 1.59. The zero-order valence-corrected chi connectivity index (χ0v) is 12.6. The van der Waals surface area contributed by atoms with E-state index in [0.29, 0.717) is 18.6 Å². The Morgan fingerprint density at radius 1 is 1.30 bits per heavy atom. The highest BCUT2D eigenvalue weighted by Gasteiger charge is 2.28. The second-order valence-electron chi connectivity index (χ2n) is 5.21. The summed E-state index contributed by atoms with van der Waals surface area (Å²) in [6, 6.07) is 4.34. The summed E-state index contributed by atoms with van der Waals surface area (Å²) in [7, 11) is -2.06. The van der Waals surface area contributed by atoms with Crippen molar-refractivity contribution < 1.29 is 18.3 Å². The number of methoxy groups -OCH3 is 1. The fraction of sp³-hybridized carbons (Fsp3) is 0.571. The third-order valence-corrected chi connectivity index (χ3v) is 5.20. The predicted molar refractivity (Wildman–Crippen MR) is 76.3 cm³/mol. The standard InChI is InChI=1S/C14H21NO4S/c1-10-9-11(7-8-14(10)19-2)20(17,18)15-12-5-3-4-6-13(12)16/h7-9,12-13,15-16H,3-6H2,1-2H3. The molecular formula is C14H21NO4S. The fourth-order valence-corrected chi connectivity index (χ4v) is 3.92. The van der Waals surface area contributed by atoms with Crippen molar-refractivity contribution in [1.82, 2.24) is 4.72 Å². The van der Waals surface area contributed by atoms with Gasteiger partial charge in [-0.1, -0.05) is 12.8 Å². The van der Waals surface area contributed by atoms with Gasteiger partial charge in [0.2, 0.25) is 10.0 Å². The van der Waals surface area contributed by atoms with E-state index in [1.165, 1.54) is 6.07 Å². The van der Waals surface area contributed by atoms with E-state index in [2.05, 4.69) is 4.72 Å². The molecule has 0 amide bonds. The number of sulfonamides is 1. The smallest absolute Gasteiger partial charge is 0.240 e. The Kier molecular flexibility index (Phi) is 4.67. The maximum atomic E-state index is 12.3. The Morgan fingerprint density at radius 2 is 2.00 bits per heavy atom. The van der Waals surface area contributed by atoms with Crippen LogP contribution in [0.25, 0.3) is 0 Å². The lowest BCUT2D eigenvalue weighted by molar-refractivity contribution is 0.101. The van der Waals surface area contributed by atoms with Gasteiger partial charge >= 0.3 is 0 Å². The molecule has 1 aromatic rings. The lowest BCUT2D eigenvalue weighted by Gasteiger charge is -2.28. The summed E-state index contributed by atoms with van der Waals surface area (Å²) >= 11 is 0. The van der Waals surface area contributed by atoms with E-state index in [-0.39, 0.29) is 4.90 Å². The Balaban J connectivity index is 2.19. The minimum atomic E-state index is -3.61. The van der Waals surface area contributed by atoms with Crippen LogP contribution in [-0.4, -0.2) is 32.8 Å². The fourth-order valence-electron chi connectivity index (χ4n) is 2.53. The Bertz CT molecular complexity index is 571. The van der Waals surface area contributed by atoms with Crippen LogP contribution >= 0.6 is 0 Å². The molecule has 0 saturated heterocycles. The van der Waals surface area contributed by atoms with E-state index >= 15 is 0 Å². The normalized spacial score (nSPS) is 23.6. The first-order chi connectivity index (χ1) is 9.44. The van der Waals surface area contributed by atoms with Crippen molar-refractivity contribution in [1.29, 1.82) is 0 Å². The zero-order chi connectivity index (χ0) is 14.8. The van der Waals surface area contributed by atoms with E-state index < -0.39 is 22.2 Å². The average Bonchev–Trinajstić information content (AvgIpc) is 2.41. The molecule has 5 nitrogen and oxygen atoms in total. The van der Waals surface area contributed by atoms with Gasteiger partial charge in [0.1, 0.15) is 5.75 Å². The molecule has 2 N–H and O–H groups in total. The molecule has 2 rings (SSSR count). The van der Waals surface area contributed by atoms with Gasteiger partial charge in [0.25, 0.3) is 0 Å². The molecule has 0 radical (unpaired) electrons. The summed E-state index contributed by atoms with van der Waals surface area (Å²) in [5.41, 5.74) is 0.763. The number of hydrogen-bond acceptors (Lipinski definition) is 4. The van der Waals surface area contributed by atoms with Crippen LogP contribution in [0.4, 0.5) is 0 Å². The van der Waals surface area contributed by atoms with Crippen LogP contribution in [0.1, 0.15) is 31.2 Å². The summed E-state index contributed by atoms with van der Waals surface area (Å²) in [6.45, 7) is 1.80. The maximum absolute atomic E-state index is 12.3.